The summed E-state index contributed by atoms with van der Waals surface area (Å²) in [5.74, 6) is 1.14. The van der Waals surface area contributed by atoms with Gasteiger partial charge >= 0.3 is 0 Å². The van der Waals surface area contributed by atoms with Gasteiger partial charge in [-0.25, -0.2) is 4.99 Å². The van der Waals surface area contributed by atoms with Crippen LogP contribution in [-0.4, -0.2) is 11.1 Å². The summed E-state index contributed by atoms with van der Waals surface area (Å²) < 4.78 is 5.85. The molecule has 1 amide bonds. The molecule has 2 heterocycles. The molecule has 0 spiro atoms. The van der Waals surface area contributed by atoms with E-state index in [2.05, 4.69) is 17.2 Å². The Hall–Kier alpha value is -2.76. The van der Waals surface area contributed by atoms with E-state index in [0.717, 1.165) is 23.4 Å². The van der Waals surface area contributed by atoms with Crippen LogP contribution in [0.5, 0.6) is 0 Å². The van der Waals surface area contributed by atoms with E-state index in [0.29, 0.717) is 20.9 Å². The van der Waals surface area contributed by atoms with Gasteiger partial charge in [0.05, 0.1) is 10.6 Å². The fourth-order valence-corrected chi connectivity index (χ4v) is 3.68. The molecule has 6 heteroatoms. The van der Waals surface area contributed by atoms with E-state index in [1.807, 2.05) is 60.7 Å². The molecule has 140 valence electrons. The average molecular weight is 409 g/mol. The lowest BCUT2D eigenvalue weighted by atomic mass is 10.2. The fraction of sp³-hybridized carbons (Fsp3) is 0.0909. The molecule has 0 aliphatic carbocycles. The lowest BCUT2D eigenvalue weighted by Crippen LogP contribution is -2.19. The number of nitrogens with zero attached hydrogens (tertiary/aromatic N) is 1. The van der Waals surface area contributed by atoms with Crippen molar-refractivity contribution in [2.45, 2.75) is 13.3 Å². The molecule has 1 N–H and O–H groups in total. The highest BCUT2D eigenvalue weighted by Crippen LogP contribution is 2.30. The van der Waals surface area contributed by atoms with Crippen LogP contribution in [0.1, 0.15) is 18.2 Å². The standard InChI is InChI=1S/C22H17ClN2O2S/c1-2-14-3-9-17(10-4-14)24-22-25-21(26)20(28-22)13-18-11-12-19(27-18)15-5-7-16(23)8-6-15/h3-13H,2H2,1H3,(H,24,25,26)/b20-13-. The first-order valence-corrected chi connectivity index (χ1v) is 10.0. The van der Waals surface area contributed by atoms with Crippen LogP contribution in [-0.2, 0) is 11.2 Å². The van der Waals surface area contributed by atoms with Gasteiger partial charge in [-0.1, -0.05) is 30.7 Å². The van der Waals surface area contributed by atoms with Crippen molar-refractivity contribution in [1.29, 1.82) is 0 Å². The second-order valence-corrected chi connectivity index (χ2v) is 7.68. The van der Waals surface area contributed by atoms with Crippen LogP contribution in [0.2, 0.25) is 5.02 Å². The summed E-state index contributed by atoms with van der Waals surface area (Å²) in [5, 5.41) is 4.03. The molecule has 0 bridgehead atoms. The highest BCUT2D eigenvalue weighted by molar-refractivity contribution is 8.18. The van der Waals surface area contributed by atoms with E-state index in [9.17, 15) is 4.79 Å². The molecule has 0 unspecified atom stereocenters. The van der Waals surface area contributed by atoms with E-state index >= 15 is 0 Å². The van der Waals surface area contributed by atoms with Gasteiger partial charge in [0.1, 0.15) is 11.5 Å². The zero-order valence-electron chi connectivity index (χ0n) is 15.1. The number of thioether (sulfide) groups is 1. The molecule has 1 aliphatic heterocycles. The molecule has 2 aromatic carbocycles. The predicted octanol–water partition coefficient (Wildman–Crippen LogP) is 6.05. The molecule has 1 fully saturated rings. The SMILES string of the molecule is CCc1ccc(N=C2NC(=O)/C(=C/c3ccc(-c4ccc(Cl)cc4)o3)S2)cc1. The Bertz CT molecular complexity index is 1070. The quantitative estimate of drug-likeness (QED) is 0.534. The molecule has 0 atom stereocenters. The first kappa shape index (κ1) is 18.6. The van der Waals surface area contributed by atoms with Crippen molar-refractivity contribution in [3.8, 4) is 11.3 Å². The summed E-state index contributed by atoms with van der Waals surface area (Å²) in [4.78, 5) is 17.3. The van der Waals surface area contributed by atoms with E-state index in [-0.39, 0.29) is 5.91 Å². The van der Waals surface area contributed by atoms with Crippen molar-refractivity contribution < 1.29 is 9.21 Å². The molecule has 1 aliphatic rings. The fourth-order valence-electron chi connectivity index (χ4n) is 2.73. The van der Waals surface area contributed by atoms with Crippen LogP contribution < -0.4 is 5.32 Å². The molecule has 4 rings (SSSR count). The minimum Gasteiger partial charge on any atom is -0.457 e. The Labute approximate surface area is 172 Å². The minimum absolute atomic E-state index is 0.182. The second-order valence-electron chi connectivity index (χ2n) is 6.21. The van der Waals surface area contributed by atoms with Crippen molar-refractivity contribution in [2.24, 2.45) is 4.99 Å². The zero-order chi connectivity index (χ0) is 19.5. The Balaban J connectivity index is 1.51. The number of amidine groups is 1. The maximum Gasteiger partial charge on any atom is 0.264 e. The number of amides is 1. The third-order valence-corrected chi connectivity index (χ3v) is 5.42. The van der Waals surface area contributed by atoms with Gasteiger partial charge in [0, 0.05) is 16.7 Å². The van der Waals surface area contributed by atoms with Gasteiger partial charge in [0.15, 0.2) is 5.17 Å². The zero-order valence-corrected chi connectivity index (χ0v) is 16.7. The third kappa shape index (κ3) is 4.21. The molecule has 1 saturated heterocycles. The first-order chi connectivity index (χ1) is 13.6. The number of nitrogens with one attached hydrogen (secondary N) is 1. The number of benzene rings is 2. The Kier molecular flexibility index (Phi) is 5.37. The maximum absolute atomic E-state index is 12.3. The van der Waals surface area contributed by atoms with Crippen LogP contribution >= 0.6 is 23.4 Å². The average Bonchev–Trinajstić information content (AvgIpc) is 3.30. The summed E-state index contributed by atoms with van der Waals surface area (Å²) in [5.41, 5.74) is 2.99. The first-order valence-electron chi connectivity index (χ1n) is 8.85. The molecule has 0 radical (unpaired) electrons. The monoisotopic (exact) mass is 408 g/mol. The lowest BCUT2D eigenvalue weighted by Gasteiger charge is -1.98. The lowest BCUT2D eigenvalue weighted by molar-refractivity contribution is -0.115. The van der Waals surface area contributed by atoms with Crippen molar-refractivity contribution in [3.63, 3.8) is 0 Å². The maximum atomic E-state index is 12.3. The van der Waals surface area contributed by atoms with Gasteiger partial charge in [-0.3, -0.25) is 4.79 Å². The third-order valence-electron chi connectivity index (χ3n) is 4.25. The highest BCUT2D eigenvalue weighted by atomic mass is 35.5. The van der Waals surface area contributed by atoms with Crippen LogP contribution in [0.3, 0.4) is 0 Å². The van der Waals surface area contributed by atoms with Gasteiger partial charge in [-0.15, -0.1) is 0 Å². The number of rotatable bonds is 4. The van der Waals surface area contributed by atoms with Gasteiger partial charge in [-0.05, 0) is 72.3 Å². The van der Waals surface area contributed by atoms with Crippen LogP contribution in [0.4, 0.5) is 5.69 Å². The number of aryl methyl sites for hydroxylation is 1. The highest BCUT2D eigenvalue weighted by Gasteiger charge is 2.24. The van der Waals surface area contributed by atoms with E-state index < -0.39 is 0 Å². The Morgan fingerprint density at radius 1 is 1.07 bits per heavy atom. The molecule has 3 aromatic rings. The number of hydrogen-bond donors (Lipinski definition) is 1. The number of carbonyl (C=O) groups is 1. The van der Waals surface area contributed by atoms with Gasteiger partial charge in [-0.2, -0.15) is 0 Å². The van der Waals surface area contributed by atoms with E-state index in [1.165, 1.54) is 17.3 Å². The van der Waals surface area contributed by atoms with Gasteiger partial charge in [0.25, 0.3) is 5.91 Å². The molecule has 1 aromatic heterocycles. The van der Waals surface area contributed by atoms with Crippen molar-refractivity contribution in [1.82, 2.24) is 5.32 Å². The predicted molar refractivity (Wildman–Crippen MR) is 116 cm³/mol. The molecule has 28 heavy (non-hydrogen) atoms. The summed E-state index contributed by atoms with van der Waals surface area (Å²) in [6.07, 6.45) is 2.71. The van der Waals surface area contributed by atoms with Gasteiger partial charge < -0.3 is 9.73 Å². The number of furan rings is 1. The normalized spacial score (nSPS) is 16.7. The van der Waals surface area contributed by atoms with E-state index in [4.69, 9.17) is 16.0 Å². The van der Waals surface area contributed by atoms with Crippen molar-refractivity contribution >= 4 is 46.2 Å². The number of halogens is 1. The summed E-state index contributed by atoms with van der Waals surface area (Å²) in [7, 11) is 0. The second kappa shape index (κ2) is 8.09. The molecule has 4 nitrogen and oxygen atoms in total. The number of aliphatic imine (C=N–C) groups is 1. The Morgan fingerprint density at radius 2 is 1.82 bits per heavy atom. The van der Waals surface area contributed by atoms with E-state index in [1.54, 1.807) is 6.08 Å². The molecule has 0 saturated carbocycles. The van der Waals surface area contributed by atoms with Crippen LogP contribution in [0, 0.1) is 0 Å². The van der Waals surface area contributed by atoms with Gasteiger partial charge in [0.2, 0.25) is 0 Å². The Morgan fingerprint density at radius 3 is 2.54 bits per heavy atom. The van der Waals surface area contributed by atoms with Crippen molar-refractivity contribution in [2.75, 3.05) is 0 Å². The van der Waals surface area contributed by atoms with Crippen molar-refractivity contribution in [3.05, 3.63) is 81.9 Å². The topological polar surface area (TPSA) is 54.6 Å². The molecular formula is C22H17ClN2O2S. The molecular weight excluding hydrogens is 392 g/mol. The number of carbonyl (C=O) groups excluding carboxylic acids is 1. The summed E-state index contributed by atoms with van der Waals surface area (Å²) >= 11 is 7.22. The summed E-state index contributed by atoms with van der Waals surface area (Å²) in [6, 6.07) is 19.1. The smallest absolute Gasteiger partial charge is 0.264 e. The minimum atomic E-state index is -0.182. The number of hydrogen-bond acceptors (Lipinski definition) is 4. The van der Waals surface area contributed by atoms with Crippen LogP contribution in [0.15, 0.2) is 75.0 Å². The summed E-state index contributed by atoms with van der Waals surface area (Å²) in [6.45, 7) is 2.11. The largest absolute Gasteiger partial charge is 0.457 e. The van der Waals surface area contributed by atoms with Crippen LogP contribution in [0.25, 0.3) is 17.4 Å².